The summed E-state index contributed by atoms with van der Waals surface area (Å²) in [7, 11) is 0. The summed E-state index contributed by atoms with van der Waals surface area (Å²) >= 11 is 1.38. The summed E-state index contributed by atoms with van der Waals surface area (Å²) in [5, 5.41) is 13.4. The van der Waals surface area contributed by atoms with Gasteiger partial charge in [0.05, 0.1) is 10.7 Å². The van der Waals surface area contributed by atoms with Crippen LogP contribution in [0.5, 0.6) is 0 Å². The Morgan fingerprint density at radius 1 is 1.35 bits per heavy atom. The van der Waals surface area contributed by atoms with Crippen LogP contribution < -0.4 is 5.32 Å². The van der Waals surface area contributed by atoms with Crippen LogP contribution in [-0.2, 0) is 4.79 Å². The van der Waals surface area contributed by atoms with E-state index in [1.165, 1.54) is 23.9 Å². The van der Waals surface area contributed by atoms with Gasteiger partial charge in [0.2, 0.25) is 5.91 Å². The molecule has 20 heavy (non-hydrogen) atoms. The Bertz CT molecular complexity index is 446. The molecule has 0 radical (unpaired) electrons. The molecule has 0 spiro atoms. The number of thioether (sulfide) groups is 1. The van der Waals surface area contributed by atoms with E-state index >= 15 is 0 Å². The van der Waals surface area contributed by atoms with Gasteiger partial charge in [0.25, 0.3) is 5.69 Å². The molecule has 110 valence electrons. The van der Waals surface area contributed by atoms with E-state index < -0.39 is 4.92 Å². The van der Waals surface area contributed by atoms with E-state index in [0.717, 1.165) is 17.7 Å². The van der Waals surface area contributed by atoms with Crippen molar-refractivity contribution in [1.29, 1.82) is 0 Å². The molecule has 0 heterocycles. The van der Waals surface area contributed by atoms with E-state index in [4.69, 9.17) is 0 Å². The molecule has 0 unspecified atom stereocenters. The largest absolute Gasteiger partial charge is 0.355 e. The highest BCUT2D eigenvalue weighted by molar-refractivity contribution is 8.00. The van der Waals surface area contributed by atoms with Crippen molar-refractivity contribution in [2.75, 3.05) is 12.3 Å². The lowest BCUT2D eigenvalue weighted by Crippen LogP contribution is -2.26. The Balaban J connectivity index is 2.25. The van der Waals surface area contributed by atoms with Crippen molar-refractivity contribution in [2.24, 2.45) is 5.92 Å². The van der Waals surface area contributed by atoms with Gasteiger partial charge in [-0.1, -0.05) is 13.8 Å². The van der Waals surface area contributed by atoms with Crippen molar-refractivity contribution in [3.05, 3.63) is 34.4 Å². The average molecular weight is 296 g/mol. The highest BCUT2D eigenvalue weighted by atomic mass is 32.2. The number of nitrogens with one attached hydrogen (secondary N) is 1. The third-order valence-corrected chi connectivity index (χ3v) is 3.71. The van der Waals surface area contributed by atoms with Crippen LogP contribution in [0.4, 0.5) is 5.69 Å². The SMILES string of the molecule is CC(C)CCCNC(=O)CSc1ccc([N+](=O)[O-])cc1. The van der Waals surface area contributed by atoms with Crippen molar-refractivity contribution in [1.82, 2.24) is 5.32 Å². The Hall–Kier alpha value is -1.56. The van der Waals surface area contributed by atoms with Crippen LogP contribution in [0.25, 0.3) is 0 Å². The van der Waals surface area contributed by atoms with E-state index in [-0.39, 0.29) is 11.6 Å². The van der Waals surface area contributed by atoms with Gasteiger partial charge in [0.15, 0.2) is 0 Å². The lowest BCUT2D eigenvalue weighted by Gasteiger charge is -2.06. The molecule has 0 aliphatic rings. The summed E-state index contributed by atoms with van der Waals surface area (Å²) < 4.78 is 0. The Kier molecular flexibility index (Phi) is 7.08. The summed E-state index contributed by atoms with van der Waals surface area (Å²) in [5.41, 5.74) is 0.0625. The maximum atomic E-state index is 11.6. The first-order valence-corrected chi connectivity index (χ1v) is 7.61. The van der Waals surface area contributed by atoms with Gasteiger partial charge in [-0.3, -0.25) is 14.9 Å². The average Bonchev–Trinajstić information content (AvgIpc) is 2.41. The Morgan fingerprint density at radius 2 is 2.00 bits per heavy atom. The lowest BCUT2D eigenvalue weighted by atomic mass is 10.1. The predicted molar refractivity (Wildman–Crippen MR) is 80.9 cm³/mol. The van der Waals surface area contributed by atoms with E-state index in [1.54, 1.807) is 12.1 Å². The third kappa shape index (κ3) is 6.56. The first-order valence-electron chi connectivity index (χ1n) is 6.63. The lowest BCUT2D eigenvalue weighted by molar-refractivity contribution is -0.384. The molecule has 1 aromatic carbocycles. The third-order valence-electron chi connectivity index (χ3n) is 2.70. The molecule has 1 N–H and O–H groups in total. The minimum absolute atomic E-state index is 0.00268. The first-order chi connectivity index (χ1) is 9.49. The first kappa shape index (κ1) is 16.5. The summed E-state index contributed by atoms with van der Waals surface area (Å²) in [5.74, 6) is 0.984. The fraction of sp³-hybridized carbons (Fsp3) is 0.500. The molecular weight excluding hydrogens is 276 g/mol. The van der Waals surface area contributed by atoms with Gasteiger partial charge < -0.3 is 5.32 Å². The fourth-order valence-corrected chi connectivity index (χ4v) is 2.33. The quantitative estimate of drug-likeness (QED) is 0.346. The number of amides is 1. The summed E-state index contributed by atoms with van der Waals surface area (Å²) in [4.78, 5) is 22.5. The predicted octanol–water partition coefficient (Wildman–Crippen LogP) is 3.24. The zero-order chi connectivity index (χ0) is 15.0. The second-order valence-corrected chi connectivity index (χ2v) is 5.97. The number of hydrogen-bond donors (Lipinski definition) is 1. The minimum atomic E-state index is -0.435. The Labute approximate surface area is 123 Å². The maximum absolute atomic E-state index is 11.6. The van der Waals surface area contributed by atoms with E-state index in [0.29, 0.717) is 18.2 Å². The zero-order valence-corrected chi connectivity index (χ0v) is 12.6. The molecular formula is C14H20N2O3S. The van der Waals surface area contributed by atoms with Crippen LogP contribution in [0.15, 0.2) is 29.2 Å². The molecule has 1 amide bonds. The van der Waals surface area contributed by atoms with E-state index in [9.17, 15) is 14.9 Å². The molecule has 1 aromatic rings. The maximum Gasteiger partial charge on any atom is 0.269 e. The number of carbonyl (C=O) groups is 1. The molecule has 0 saturated carbocycles. The standard InChI is InChI=1S/C14H20N2O3S/c1-11(2)4-3-9-15-14(17)10-20-13-7-5-12(6-8-13)16(18)19/h5-8,11H,3-4,9-10H2,1-2H3,(H,15,17). The number of nitro groups is 1. The number of rotatable bonds is 8. The number of hydrogen-bond acceptors (Lipinski definition) is 4. The smallest absolute Gasteiger partial charge is 0.269 e. The molecule has 0 aliphatic heterocycles. The minimum Gasteiger partial charge on any atom is -0.355 e. The summed E-state index contributed by atoms with van der Waals surface area (Å²) in [6.07, 6.45) is 2.10. The van der Waals surface area contributed by atoms with Crippen LogP contribution >= 0.6 is 11.8 Å². The molecule has 0 bridgehead atoms. The van der Waals surface area contributed by atoms with Gasteiger partial charge in [0, 0.05) is 23.6 Å². The normalized spacial score (nSPS) is 10.6. The van der Waals surface area contributed by atoms with Crippen LogP contribution in [0.2, 0.25) is 0 Å². The highest BCUT2D eigenvalue weighted by Gasteiger charge is 2.06. The van der Waals surface area contributed by atoms with Gasteiger partial charge in [-0.15, -0.1) is 11.8 Å². The molecule has 0 aromatic heterocycles. The summed E-state index contributed by atoms with van der Waals surface area (Å²) in [6, 6.07) is 6.22. The van der Waals surface area contributed by atoms with Crippen LogP contribution in [0, 0.1) is 16.0 Å². The van der Waals surface area contributed by atoms with Crippen molar-refractivity contribution in [3.63, 3.8) is 0 Å². The molecule has 0 saturated heterocycles. The molecule has 6 heteroatoms. The number of nitro benzene ring substituents is 1. The van der Waals surface area contributed by atoms with Crippen molar-refractivity contribution >= 4 is 23.4 Å². The molecule has 1 rings (SSSR count). The number of non-ortho nitro benzene ring substituents is 1. The van der Waals surface area contributed by atoms with Gasteiger partial charge in [0.1, 0.15) is 0 Å². The number of nitrogens with zero attached hydrogens (tertiary/aromatic N) is 1. The van der Waals surface area contributed by atoms with Crippen LogP contribution in [-0.4, -0.2) is 23.1 Å². The Morgan fingerprint density at radius 3 is 2.55 bits per heavy atom. The zero-order valence-electron chi connectivity index (χ0n) is 11.8. The fourth-order valence-electron chi connectivity index (χ4n) is 1.60. The van der Waals surface area contributed by atoms with Gasteiger partial charge in [-0.25, -0.2) is 0 Å². The highest BCUT2D eigenvalue weighted by Crippen LogP contribution is 2.20. The van der Waals surface area contributed by atoms with Gasteiger partial charge in [-0.2, -0.15) is 0 Å². The van der Waals surface area contributed by atoms with Crippen LogP contribution in [0.3, 0.4) is 0 Å². The second-order valence-electron chi connectivity index (χ2n) is 4.93. The van der Waals surface area contributed by atoms with Crippen LogP contribution in [0.1, 0.15) is 26.7 Å². The second kappa shape index (κ2) is 8.58. The summed E-state index contributed by atoms with van der Waals surface area (Å²) in [6.45, 7) is 5.02. The van der Waals surface area contributed by atoms with Crippen molar-refractivity contribution < 1.29 is 9.72 Å². The van der Waals surface area contributed by atoms with Gasteiger partial charge >= 0.3 is 0 Å². The number of benzene rings is 1. The van der Waals surface area contributed by atoms with Gasteiger partial charge in [-0.05, 0) is 30.9 Å². The molecule has 5 nitrogen and oxygen atoms in total. The van der Waals surface area contributed by atoms with E-state index in [2.05, 4.69) is 19.2 Å². The molecule has 0 fully saturated rings. The van der Waals surface area contributed by atoms with Crippen molar-refractivity contribution in [3.8, 4) is 0 Å². The molecule has 0 atom stereocenters. The topological polar surface area (TPSA) is 72.2 Å². The number of carbonyl (C=O) groups excluding carboxylic acids is 1. The van der Waals surface area contributed by atoms with E-state index in [1.807, 2.05) is 0 Å². The molecule has 0 aliphatic carbocycles. The van der Waals surface area contributed by atoms with Crippen molar-refractivity contribution in [2.45, 2.75) is 31.6 Å². The monoisotopic (exact) mass is 296 g/mol.